The minimum absolute atomic E-state index is 0.431. The van der Waals surface area contributed by atoms with Crippen LogP contribution < -0.4 is 5.32 Å². The van der Waals surface area contributed by atoms with Crippen LogP contribution in [0.1, 0.15) is 27.2 Å². The van der Waals surface area contributed by atoms with Crippen molar-refractivity contribution in [2.75, 3.05) is 40.8 Å². The van der Waals surface area contributed by atoms with Crippen LogP contribution in [-0.4, -0.2) is 52.2 Å². The molecule has 1 aromatic carbocycles. The van der Waals surface area contributed by atoms with Gasteiger partial charge >= 0.3 is 0 Å². The van der Waals surface area contributed by atoms with Crippen LogP contribution in [0.25, 0.3) is 0 Å². The van der Waals surface area contributed by atoms with Crippen molar-refractivity contribution in [1.82, 2.24) is 10.2 Å². The molecule has 0 radical (unpaired) electrons. The van der Waals surface area contributed by atoms with E-state index in [1.54, 1.807) is 13.0 Å². The molecule has 0 atom stereocenters. The van der Waals surface area contributed by atoms with Gasteiger partial charge in [-0.3, -0.25) is 4.79 Å². The van der Waals surface area contributed by atoms with Crippen LogP contribution >= 0.6 is 0 Å². The summed E-state index contributed by atoms with van der Waals surface area (Å²) in [4.78, 5) is 11.3. The normalized spacial score (nSPS) is 9.81. The lowest BCUT2D eigenvalue weighted by Crippen LogP contribution is -2.23. The molecular formula is C23H40N2O2. The smallest absolute Gasteiger partial charge is 0.293 e. The fraction of sp³-hybridized carbons (Fsp3) is 0.435. The van der Waals surface area contributed by atoms with Crippen molar-refractivity contribution in [3.8, 4) is 0 Å². The molecule has 27 heavy (non-hydrogen) atoms. The van der Waals surface area contributed by atoms with E-state index in [1.165, 1.54) is 5.57 Å². The lowest BCUT2D eigenvalue weighted by Gasteiger charge is -2.06. The van der Waals surface area contributed by atoms with Crippen LogP contribution in [0, 0.1) is 0 Å². The zero-order valence-corrected chi connectivity index (χ0v) is 18.2. The number of nitrogens with one attached hydrogen (secondary N) is 1. The van der Waals surface area contributed by atoms with Crippen molar-refractivity contribution in [3.05, 3.63) is 72.9 Å². The summed E-state index contributed by atoms with van der Waals surface area (Å²) in [7, 11) is 6.10. The van der Waals surface area contributed by atoms with Gasteiger partial charge in [0.05, 0.1) is 6.61 Å². The molecule has 0 heterocycles. The van der Waals surface area contributed by atoms with Crippen molar-refractivity contribution in [2.45, 2.75) is 27.2 Å². The third-order valence-electron chi connectivity index (χ3n) is 2.90. The molecular weight excluding hydrogens is 336 g/mol. The molecule has 4 heteroatoms. The maximum Gasteiger partial charge on any atom is 0.293 e. The number of allylic oxidation sites excluding steroid dienone is 5. The van der Waals surface area contributed by atoms with Gasteiger partial charge in [0.25, 0.3) is 6.47 Å². The second kappa shape index (κ2) is 28.6. The summed E-state index contributed by atoms with van der Waals surface area (Å²) in [6, 6.07) is 12.0. The Labute approximate surface area is 167 Å². The van der Waals surface area contributed by atoms with Gasteiger partial charge in [-0.25, -0.2) is 0 Å². The van der Waals surface area contributed by atoms with Crippen molar-refractivity contribution in [3.63, 3.8) is 0 Å². The minimum atomic E-state index is 0.431. The lowest BCUT2D eigenvalue weighted by molar-refractivity contribution is -0.128. The van der Waals surface area contributed by atoms with E-state index in [0.717, 1.165) is 19.5 Å². The molecule has 0 saturated heterocycles. The van der Waals surface area contributed by atoms with Gasteiger partial charge in [-0.15, -0.1) is 0 Å². The highest BCUT2D eigenvalue weighted by Crippen LogP contribution is 1.96. The summed E-state index contributed by atoms with van der Waals surface area (Å²) in [5.74, 6) is 0. The van der Waals surface area contributed by atoms with E-state index in [4.69, 9.17) is 0 Å². The Bertz CT molecular complexity index is 428. The zero-order chi connectivity index (χ0) is 21.2. The van der Waals surface area contributed by atoms with Gasteiger partial charge in [-0.1, -0.05) is 79.8 Å². The minimum Gasteiger partial charge on any atom is -0.468 e. The van der Waals surface area contributed by atoms with Crippen molar-refractivity contribution in [1.29, 1.82) is 0 Å². The SMILES string of the molecule is C=C/C=C\C=C(/C)CC.CCOC=O.CNCCN(C)C.c1ccccc1. The van der Waals surface area contributed by atoms with E-state index in [-0.39, 0.29) is 0 Å². The van der Waals surface area contributed by atoms with Crippen LogP contribution in [0.5, 0.6) is 0 Å². The van der Waals surface area contributed by atoms with Crippen LogP contribution in [0.15, 0.2) is 72.9 Å². The summed E-state index contributed by atoms with van der Waals surface area (Å²) < 4.78 is 4.15. The van der Waals surface area contributed by atoms with E-state index in [9.17, 15) is 4.79 Å². The number of hydrogen-bond donors (Lipinski definition) is 1. The van der Waals surface area contributed by atoms with Gasteiger partial charge in [0.1, 0.15) is 0 Å². The molecule has 0 spiro atoms. The Hall–Kier alpha value is -2.17. The Morgan fingerprint density at radius 2 is 1.59 bits per heavy atom. The Kier molecular flexibility index (Phi) is 31.4. The first-order valence-electron chi connectivity index (χ1n) is 9.29. The van der Waals surface area contributed by atoms with Crippen LogP contribution in [0.3, 0.4) is 0 Å². The Balaban J connectivity index is -0.000000291. The number of nitrogens with zero attached hydrogens (tertiary/aromatic N) is 1. The van der Waals surface area contributed by atoms with E-state index in [1.807, 2.05) is 55.6 Å². The van der Waals surface area contributed by atoms with Crippen molar-refractivity contribution >= 4 is 6.47 Å². The maximum absolute atomic E-state index is 9.18. The summed E-state index contributed by atoms with van der Waals surface area (Å²) in [5, 5.41) is 3.06. The molecule has 0 aliphatic carbocycles. The molecule has 1 N–H and O–H groups in total. The number of carbonyl (C=O) groups excluding carboxylic acids is 1. The van der Waals surface area contributed by atoms with Gasteiger partial charge in [-0.2, -0.15) is 0 Å². The number of hydrogen-bond acceptors (Lipinski definition) is 4. The Morgan fingerprint density at radius 3 is 1.81 bits per heavy atom. The first kappa shape index (κ1) is 29.6. The van der Waals surface area contributed by atoms with Gasteiger partial charge in [0.2, 0.25) is 0 Å². The summed E-state index contributed by atoms with van der Waals surface area (Å²) >= 11 is 0. The fourth-order valence-corrected chi connectivity index (χ4v) is 1.20. The molecule has 4 nitrogen and oxygen atoms in total. The van der Waals surface area contributed by atoms with Gasteiger partial charge in [0.15, 0.2) is 0 Å². The number of carbonyl (C=O) groups is 1. The third kappa shape index (κ3) is 40.1. The standard InChI is InChI=1S/C9H14.C6H6.C5H14N2.C3H6O2/c1-4-6-7-8-9(3)5-2;1-2-4-6-5-3-1;1-6-4-5-7(2)3;1-2-5-3-4/h4,6-8H,1,5H2,2-3H3;1-6H;6H,4-5H2,1-3H3;3H,2H2,1H3/b7-6-,9-8+;;;. The molecule has 1 aromatic rings. The zero-order valence-electron chi connectivity index (χ0n) is 18.2. The maximum atomic E-state index is 9.18. The molecule has 0 aliphatic rings. The first-order chi connectivity index (χ1) is 13.0. The largest absolute Gasteiger partial charge is 0.468 e. The topological polar surface area (TPSA) is 41.6 Å². The number of likely N-dealkylation sites (N-methyl/N-ethyl adjacent to an activating group) is 2. The average molecular weight is 377 g/mol. The molecule has 0 aliphatic heterocycles. The molecule has 0 amide bonds. The molecule has 0 saturated carbocycles. The van der Waals surface area contributed by atoms with Crippen LogP contribution in [-0.2, 0) is 9.53 Å². The van der Waals surface area contributed by atoms with E-state index in [0.29, 0.717) is 13.1 Å². The van der Waals surface area contributed by atoms with Crippen molar-refractivity contribution < 1.29 is 9.53 Å². The van der Waals surface area contributed by atoms with E-state index in [2.05, 4.69) is 55.6 Å². The second-order valence-electron chi connectivity index (χ2n) is 5.60. The molecule has 0 unspecified atom stereocenters. The number of benzene rings is 1. The summed E-state index contributed by atoms with van der Waals surface area (Å²) in [6.45, 7) is 12.7. The molecule has 1 rings (SSSR count). The fourth-order valence-electron chi connectivity index (χ4n) is 1.20. The van der Waals surface area contributed by atoms with Crippen LogP contribution in [0.2, 0.25) is 0 Å². The molecule has 0 bridgehead atoms. The van der Waals surface area contributed by atoms with Gasteiger partial charge in [-0.05, 0) is 41.4 Å². The van der Waals surface area contributed by atoms with Crippen molar-refractivity contribution in [2.24, 2.45) is 0 Å². The third-order valence-corrected chi connectivity index (χ3v) is 2.90. The molecule has 154 valence electrons. The second-order valence-corrected chi connectivity index (χ2v) is 5.60. The van der Waals surface area contributed by atoms with Gasteiger partial charge < -0.3 is 15.0 Å². The monoisotopic (exact) mass is 376 g/mol. The van der Waals surface area contributed by atoms with Gasteiger partial charge in [0, 0.05) is 13.1 Å². The highest BCUT2D eigenvalue weighted by atomic mass is 16.5. The lowest BCUT2D eigenvalue weighted by atomic mass is 10.2. The van der Waals surface area contributed by atoms with Crippen LogP contribution in [0.4, 0.5) is 0 Å². The quantitative estimate of drug-likeness (QED) is 0.527. The average Bonchev–Trinajstić information content (AvgIpc) is 2.70. The summed E-state index contributed by atoms with van der Waals surface area (Å²) in [6.07, 6.45) is 8.94. The van der Waals surface area contributed by atoms with E-state index >= 15 is 0 Å². The highest BCUT2D eigenvalue weighted by molar-refractivity contribution is 5.36. The number of ether oxygens (including phenoxy) is 1. The predicted molar refractivity (Wildman–Crippen MR) is 120 cm³/mol. The summed E-state index contributed by atoms with van der Waals surface area (Å²) in [5.41, 5.74) is 1.40. The number of rotatable bonds is 8. The van der Waals surface area contributed by atoms with E-state index < -0.39 is 0 Å². The molecule has 0 aromatic heterocycles. The highest BCUT2D eigenvalue weighted by Gasteiger charge is 1.82. The first-order valence-corrected chi connectivity index (χ1v) is 9.29. The molecule has 0 fully saturated rings. The predicted octanol–water partition coefficient (Wildman–Crippen LogP) is 4.72. The Morgan fingerprint density at radius 1 is 1.07 bits per heavy atom.